The van der Waals surface area contributed by atoms with Gasteiger partial charge in [-0.3, -0.25) is 0 Å². The maximum Gasteiger partial charge on any atom is 0.335 e. The molecule has 106 valence electrons. The minimum atomic E-state index is -0.248. The van der Waals surface area contributed by atoms with E-state index in [-0.39, 0.29) is 12.2 Å². The van der Waals surface area contributed by atoms with Crippen molar-refractivity contribution in [2.75, 3.05) is 20.8 Å². The predicted octanol–water partition coefficient (Wildman–Crippen LogP) is 2.63. The molecule has 0 saturated heterocycles. The average Bonchev–Trinajstić information content (AvgIpc) is 2.44. The molecule has 4 nitrogen and oxygen atoms in total. The van der Waals surface area contributed by atoms with Crippen LogP contribution in [0.4, 0.5) is 0 Å². The van der Waals surface area contributed by atoms with Crippen molar-refractivity contribution in [2.24, 2.45) is 0 Å². The second-order valence-electron chi connectivity index (χ2n) is 4.41. The molecular formula is C15H23NO3. The first-order chi connectivity index (χ1) is 9.19. The minimum absolute atomic E-state index is 0.00813. The van der Waals surface area contributed by atoms with Gasteiger partial charge in [-0.25, -0.2) is 4.79 Å². The summed E-state index contributed by atoms with van der Waals surface area (Å²) in [7, 11) is 3.11. The molecule has 1 aliphatic heterocycles. The van der Waals surface area contributed by atoms with Gasteiger partial charge in [0.1, 0.15) is 6.23 Å². The summed E-state index contributed by atoms with van der Waals surface area (Å²) in [4.78, 5) is 14.0. The first-order valence-corrected chi connectivity index (χ1v) is 6.51. The molecule has 0 aromatic carbocycles. The van der Waals surface area contributed by atoms with Crippen molar-refractivity contribution < 1.29 is 14.3 Å². The number of carbonyl (C=O) groups excluding carboxylic acids is 1. The summed E-state index contributed by atoms with van der Waals surface area (Å²) in [6.45, 7) is 8.17. The number of ether oxygens (including phenoxy) is 2. The van der Waals surface area contributed by atoms with Crippen LogP contribution in [0.3, 0.4) is 0 Å². The summed E-state index contributed by atoms with van der Waals surface area (Å²) in [6, 6.07) is 0. The summed E-state index contributed by atoms with van der Waals surface area (Å²) in [6.07, 6.45) is 6.72. The maximum atomic E-state index is 11.9. The van der Waals surface area contributed by atoms with Gasteiger partial charge in [-0.15, -0.1) is 13.2 Å². The first-order valence-electron chi connectivity index (χ1n) is 6.51. The van der Waals surface area contributed by atoms with Crippen molar-refractivity contribution >= 4 is 5.97 Å². The molecular weight excluding hydrogens is 242 g/mol. The molecule has 0 saturated carbocycles. The highest BCUT2D eigenvalue weighted by molar-refractivity contribution is 5.89. The number of nitrogens with zero attached hydrogens (tertiary/aromatic N) is 1. The molecule has 1 rings (SSSR count). The van der Waals surface area contributed by atoms with Gasteiger partial charge in [0.15, 0.2) is 0 Å². The molecule has 0 aromatic rings. The summed E-state index contributed by atoms with van der Waals surface area (Å²) in [5.74, 6) is -0.248. The molecule has 0 spiro atoms. The highest BCUT2D eigenvalue weighted by Crippen LogP contribution is 2.31. The Morgan fingerprint density at radius 3 is 2.68 bits per heavy atom. The number of hydrogen-bond donors (Lipinski definition) is 0. The largest absolute Gasteiger partial charge is 0.466 e. The van der Waals surface area contributed by atoms with E-state index < -0.39 is 0 Å². The number of rotatable bonds is 7. The van der Waals surface area contributed by atoms with Gasteiger partial charge >= 0.3 is 5.97 Å². The standard InChI is InChI=1S/C15H23NO3/c1-5-7-8-13-12(15(17)19-4)9-10-14(18-3)16(13)11-6-2/h5-6,14H,1-2,7-11H2,3-4H3. The van der Waals surface area contributed by atoms with E-state index in [1.54, 1.807) is 7.11 Å². The van der Waals surface area contributed by atoms with Crippen molar-refractivity contribution in [2.45, 2.75) is 31.9 Å². The molecule has 0 bridgehead atoms. The molecule has 0 fully saturated rings. The van der Waals surface area contributed by atoms with Crippen LogP contribution in [-0.4, -0.2) is 37.9 Å². The average molecular weight is 265 g/mol. The third-order valence-electron chi connectivity index (χ3n) is 3.30. The van der Waals surface area contributed by atoms with Gasteiger partial charge in [0.2, 0.25) is 0 Å². The zero-order valence-corrected chi connectivity index (χ0v) is 11.9. The normalized spacial score (nSPS) is 19.3. The summed E-state index contributed by atoms with van der Waals surface area (Å²) in [5, 5.41) is 0. The lowest BCUT2D eigenvalue weighted by Gasteiger charge is -2.38. The summed E-state index contributed by atoms with van der Waals surface area (Å²) in [5.41, 5.74) is 1.74. The van der Waals surface area contributed by atoms with Gasteiger partial charge in [0, 0.05) is 19.4 Å². The Morgan fingerprint density at radius 1 is 1.42 bits per heavy atom. The van der Waals surface area contributed by atoms with E-state index in [2.05, 4.69) is 18.1 Å². The lowest BCUT2D eigenvalue weighted by atomic mass is 9.97. The molecule has 19 heavy (non-hydrogen) atoms. The monoisotopic (exact) mass is 265 g/mol. The van der Waals surface area contributed by atoms with Gasteiger partial charge in [-0.05, 0) is 25.7 Å². The quantitative estimate of drug-likeness (QED) is 0.524. The minimum Gasteiger partial charge on any atom is -0.466 e. The third-order valence-corrected chi connectivity index (χ3v) is 3.30. The van der Waals surface area contributed by atoms with Crippen molar-refractivity contribution in [1.29, 1.82) is 0 Å². The maximum absolute atomic E-state index is 11.9. The van der Waals surface area contributed by atoms with Gasteiger partial charge in [0.25, 0.3) is 0 Å². The highest BCUT2D eigenvalue weighted by Gasteiger charge is 2.30. The van der Waals surface area contributed by atoms with Crippen molar-refractivity contribution in [3.05, 3.63) is 36.6 Å². The Labute approximate surface area is 115 Å². The van der Waals surface area contributed by atoms with Crippen molar-refractivity contribution in [3.8, 4) is 0 Å². The van der Waals surface area contributed by atoms with Crippen molar-refractivity contribution in [3.63, 3.8) is 0 Å². The molecule has 1 atom stereocenters. The van der Waals surface area contributed by atoms with Crippen LogP contribution in [0, 0.1) is 0 Å². The number of hydrogen-bond acceptors (Lipinski definition) is 4. The van der Waals surface area contributed by atoms with E-state index >= 15 is 0 Å². The van der Waals surface area contributed by atoms with Gasteiger partial charge in [-0.2, -0.15) is 0 Å². The fourth-order valence-electron chi connectivity index (χ4n) is 2.40. The van der Waals surface area contributed by atoms with Crippen LogP contribution in [0.1, 0.15) is 25.7 Å². The van der Waals surface area contributed by atoms with E-state index in [4.69, 9.17) is 9.47 Å². The van der Waals surface area contributed by atoms with Crippen molar-refractivity contribution in [1.82, 2.24) is 4.90 Å². The predicted molar refractivity (Wildman–Crippen MR) is 75.4 cm³/mol. The van der Waals surface area contributed by atoms with Gasteiger partial charge in [-0.1, -0.05) is 12.2 Å². The molecule has 1 heterocycles. The van der Waals surface area contributed by atoms with Crippen LogP contribution in [0.15, 0.2) is 36.6 Å². The number of methoxy groups -OCH3 is 2. The highest BCUT2D eigenvalue weighted by atomic mass is 16.5. The van der Waals surface area contributed by atoms with Crippen LogP contribution in [0.25, 0.3) is 0 Å². The summed E-state index contributed by atoms with van der Waals surface area (Å²) >= 11 is 0. The molecule has 0 radical (unpaired) electrons. The Morgan fingerprint density at radius 2 is 2.16 bits per heavy atom. The summed E-state index contributed by atoms with van der Waals surface area (Å²) < 4.78 is 10.4. The van der Waals surface area contributed by atoms with Crippen LogP contribution in [0.5, 0.6) is 0 Å². The molecule has 0 N–H and O–H groups in total. The molecule has 0 aliphatic carbocycles. The van der Waals surface area contributed by atoms with Gasteiger partial charge < -0.3 is 14.4 Å². The lowest BCUT2D eigenvalue weighted by Crippen LogP contribution is -2.41. The first kappa shape index (κ1) is 15.5. The van der Waals surface area contributed by atoms with Crippen LogP contribution < -0.4 is 0 Å². The molecule has 0 aromatic heterocycles. The zero-order chi connectivity index (χ0) is 14.3. The second kappa shape index (κ2) is 7.79. The fourth-order valence-corrected chi connectivity index (χ4v) is 2.40. The fraction of sp³-hybridized carbons (Fsp3) is 0.533. The number of esters is 1. The van der Waals surface area contributed by atoms with E-state index in [0.717, 1.165) is 30.5 Å². The Balaban J connectivity index is 3.10. The lowest BCUT2D eigenvalue weighted by molar-refractivity contribution is -0.137. The van der Waals surface area contributed by atoms with E-state index in [0.29, 0.717) is 13.0 Å². The van der Waals surface area contributed by atoms with E-state index in [1.165, 1.54) is 7.11 Å². The smallest absolute Gasteiger partial charge is 0.335 e. The number of carbonyl (C=O) groups is 1. The molecule has 1 aliphatic rings. The molecule has 0 amide bonds. The van der Waals surface area contributed by atoms with E-state index in [1.807, 2.05) is 12.2 Å². The van der Waals surface area contributed by atoms with Crippen LogP contribution >= 0.6 is 0 Å². The Kier molecular flexibility index (Phi) is 6.36. The van der Waals surface area contributed by atoms with Crippen LogP contribution in [0.2, 0.25) is 0 Å². The topological polar surface area (TPSA) is 38.8 Å². The van der Waals surface area contributed by atoms with Gasteiger partial charge in [0.05, 0.1) is 12.7 Å². The Bertz CT molecular complexity index is 374. The van der Waals surface area contributed by atoms with Crippen LogP contribution in [-0.2, 0) is 14.3 Å². The Hall–Kier alpha value is -1.55. The molecule has 1 unspecified atom stereocenters. The SMILES string of the molecule is C=CCCC1=C(C(=O)OC)CCC(OC)N1CC=C. The second-order valence-corrected chi connectivity index (χ2v) is 4.41. The molecule has 4 heteroatoms. The van der Waals surface area contributed by atoms with E-state index in [9.17, 15) is 4.79 Å². The number of allylic oxidation sites excluding steroid dienone is 2. The zero-order valence-electron chi connectivity index (χ0n) is 11.9. The third kappa shape index (κ3) is 3.70.